The van der Waals surface area contributed by atoms with Gasteiger partial charge in [-0.2, -0.15) is 0 Å². The van der Waals surface area contributed by atoms with E-state index in [-0.39, 0.29) is 11.7 Å². The summed E-state index contributed by atoms with van der Waals surface area (Å²) in [5.74, 6) is -2.14. The second kappa shape index (κ2) is 10.2. The van der Waals surface area contributed by atoms with Gasteiger partial charge in [0, 0.05) is 17.0 Å². The Bertz CT molecular complexity index is 1160. The Morgan fingerprint density at radius 3 is 2.47 bits per heavy atom. The highest BCUT2D eigenvalue weighted by Crippen LogP contribution is 2.41. The molecule has 6 nitrogen and oxygen atoms in total. The summed E-state index contributed by atoms with van der Waals surface area (Å²) in [7, 11) is -3.46. The Hall–Kier alpha value is -2.86. The number of aliphatic hydroxyl groups excluding tert-OH is 1. The number of halogens is 1. The lowest BCUT2D eigenvalue weighted by atomic mass is 9.81. The number of carbonyl (C=O) groups excluding carboxylic acids is 1. The average Bonchev–Trinajstić information content (AvgIpc) is 2.73. The van der Waals surface area contributed by atoms with Gasteiger partial charge in [0.1, 0.15) is 5.82 Å². The molecule has 0 saturated heterocycles. The predicted molar refractivity (Wildman–Crippen MR) is 122 cm³/mol. The van der Waals surface area contributed by atoms with Crippen LogP contribution in [0.2, 0.25) is 0 Å². The molecule has 2 N–H and O–H groups in total. The van der Waals surface area contributed by atoms with Gasteiger partial charge in [0.25, 0.3) is 0 Å². The highest BCUT2D eigenvalue weighted by atomic mass is 31.1. The molecule has 0 aliphatic rings. The first-order valence-electron chi connectivity index (χ1n) is 10.2. The number of hydrogen-bond acceptors (Lipinski definition) is 5. The van der Waals surface area contributed by atoms with Crippen LogP contribution in [0.25, 0.3) is 22.0 Å². The molecule has 2 aromatic carbocycles. The van der Waals surface area contributed by atoms with Crippen molar-refractivity contribution >= 4 is 25.1 Å². The van der Waals surface area contributed by atoms with E-state index in [1.807, 2.05) is 38.1 Å². The molecule has 32 heavy (non-hydrogen) atoms. The minimum absolute atomic E-state index is 0.0377. The minimum Gasteiger partial charge on any atom is -0.394 e. The van der Waals surface area contributed by atoms with Crippen LogP contribution in [-0.2, 0) is 13.9 Å². The number of fused-ring (bicyclic) bond motifs is 1. The van der Waals surface area contributed by atoms with E-state index in [1.54, 1.807) is 12.1 Å². The van der Waals surface area contributed by atoms with Gasteiger partial charge in [-0.3, -0.25) is 9.78 Å². The summed E-state index contributed by atoms with van der Waals surface area (Å²) in [5.41, 5.74) is 3.60. The predicted octanol–water partition coefficient (Wildman–Crippen LogP) is 5.11. The molecule has 168 valence electrons. The van der Waals surface area contributed by atoms with Gasteiger partial charge in [-0.25, -0.2) is 8.96 Å². The molecule has 3 rings (SSSR count). The third-order valence-electron chi connectivity index (χ3n) is 5.22. The maximum absolute atomic E-state index is 13.7. The van der Waals surface area contributed by atoms with Gasteiger partial charge in [0.15, 0.2) is 0 Å². The van der Waals surface area contributed by atoms with E-state index in [0.717, 1.165) is 22.0 Å². The first kappa shape index (κ1) is 23.8. The van der Waals surface area contributed by atoms with Gasteiger partial charge >= 0.3 is 14.2 Å². The quantitative estimate of drug-likeness (QED) is 0.360. The number of hydrogen-bond donors (Lipinski definition) is 2. The largest absolute Gasteiger partial charge is 0.394 e. The number of aromatic nitrogens is 1. The Kier molecular flexibility index (Phi) is 7.56. The molecular formula is C24H25FNO5P. The first-order chi connectivity index (χ1) is 15.2. The molecule has 8 heteroatoms. The van der Waals surface area contributed by atoms with Crippen LogP contribution in [0.5, 0.6) is 0 Å². The van der Waals surface area contributed by atoms with Crippen molar-refractivity contribution in [2.24, 2.45) is 0 Å². The number of aliphatic hydroxyl groups is 1. The van der Waals surface area contributed by atoms with E-state index < -0.39 is 32.7 Å². The van der Waals surface area contributed by atoms with Crippen LogP contribution >= 0.6 is 8.25 Å². The van der Waals surface area contributed by atoms with Crippen molar-refractivity contribution < 1.29 is 28.3 Å². The van der Waals surface area contributed by atoms with E-state index >= 15 is 0 Å². The van der Waals surface area contributed by atoms with Gasteiger partial charge < -0.3 is 14.5 Å². The Balaban J connectivity index is 2.27. The van der Waals surface area contributed by atoms with Crippen LogP contribution in [0, 0.1) is 5.82 Å². The van der Waals surface area contributed by atoms with Gasteiger partial charge in [-0.05, 0) is 40.8 Å². The van der Waals surface area contributed by atoms with Crippen LogP contribution < -0.4 is 0 Å². The Morgan fingerprint density at radius 2 is 1.88 bits per heavy atom. The third kappa shape index (κ3) is 5.13. The summed E-state index contributed by atoms with van der Waals surface area (Å²) in [6.07, 6.45) is -0.257. The van der Waals surface area contributed by atoms with Gasteiger partial charge in [-0.15, -0.1) is 6.58 Å². The molecule has 0 spiro atoms. The molecule has 0 aliphatic heterocycles. The lowest BCUT2D eigenvalue weighted by Gasteiger charge is -2.27. The van der Waals surface area contributed by atoms with E-state index in [2.05, 4.69) is 11.1 Å². The second-order valence-electron chi connectivity index (χ2n) is 7.74. The lowest BCUT2D eigenvalue weighted by molar-refractivity contribution is -0.136. The van der Waals surface area contributed by atoms with E-state index in [1.165, 1.54) is 18.2 Å². The number of benzene rings is 2. The normalized spacial score (nSPS) is 14.2. The van der Waals surface area contributed by atoms with Crippen LogP contribution in [0.1, 0.15) is 43.4 Å². The van der Waals surface area contributed by atoms with Crippen molar-refractivity contribution in [2.75, 3.05) is 0 Å². The minimum atomic E-state index is -3.46. The zero-order valence-corrected chi connectivity index (χ0v) is 18.8. The number of para-hydroxylation sites is 1. The van der Waals surface area contributed by atoms with Crippen LogP contribution in [0.4, 0.5) is 4.39 Å². The topological polar surface area (TPSA) is 96.7 Å². The molecule has 0 saturated carbocycles. The van der Waals surface area contributed by atoms with Crippen molar-refractivity contribution in [2.45, 2.75) is 38.2 Å². The fraction of sp³-hybridized carbons (Fsp3) is 0.250. The molecule has 3 aromatic rings. The van der Waals surface area contributed by atoms with E-state index in [0.29, 0.717) is 11.3 Å². The zero-order chi connectivity index (χ0) is 23.4. The van der Waals surface area contributed by atoms with Crippen molar-refractivity contribution in [3.63, 3.8) is 0 Å². The molecule has 0 radical (unpaired) electrons. The number of nitrogens with zero attached hydrogens (tertiary/aromatic N) is 1. The monoisotopic (exact) mass is 457 g/mol. The molecule has 0 fully saturated rings. The summed E-state index contributed by atoms with van der Waals surface area (Å²) in [6.45, 7) is 7.78. The third-order valence-corrected chi connectivity index (χ3v) is 5.62. The van der Waals surface area contributed by atoms with Crippen molar-refractivity contribution in [3.05, 3.63) is 78.3 Å². The summed E-state index contributed by atoms with van der Waals surface area (Å²) >= 11 is 0. The van der Waals surface area contributed by atoms with Crippen LogP contribution in [0.15, 0.2) is 61.2 Å². The molecule has 0 bridgehead atoms. The Morgan fingerprint density at radius 1 is 1.22 bits per heavy atom. The van der Waals surface area contributed by atoms with E-state index in [4.69, 9.17) is 9.88 Å². The number of carbonyl (C=O) groups is 1. The maximum Gasteiger partial charge on any atom is 0.367 e. The highest BCUT2D eigenvalue weighted by Gasteiger charge is 2.30. The SMILES string of the molecule is C=CC(c1c(C(C)C)nc2ccccc2c1-c1ccc(F)cc1)C(O)CC(=O)O[PH](=O)O. The van der Waals surface area contributed by atoms with Crippen molar-refractivity contribution in [1.29, 1.82) is 0 Å². The second-order valence-corrected chi connectivity index (χ2v) is 8.47. The van der Waals surface area contributed by atoms with Gasteiger partial charge in [-0.1, -0.05) is 50.3 Å². The molecule has 0 aliphatic carbocycles. The highest BCUT2D eigenvalue weighted by molar-refractivity contribution is 7.32. The molecule has 3 atom stereocenters. The lowest BCUT2D eigenvalue weighted by Crippen LogP contribution is -2.23. The standard InChI is InChI=1S/C24H25FNO5P/c1-4-17(20(27)13-21(28)31-32(29)30)23-22(15-9-11-16(25)12-10-15)18-7-5-6-8-19(18)26-24(23)14(2)3/h4-12,14,17,20,27,32H,1,13H2,2-3H3,(H,29,30). The fourth-order valence-corrected chi connectivity index (χ4v) is 4.13. The number of rotatable bonds is 8. The summed E-state index contributed by atoms with van der Waals surface area (Å²) < 4.78 is 28.9. The summed E-state index contributed by atoms with van der Waals surface area (Å²) in [4.78, 5) is 25.6. The van der Waals surface area contributed by atoms with Gasteiger partial charge in [0.05, 0.1) is 18.0 Å². The molecule has 3 unspecified atom stereocenters. The van der Waals surface area contributed by atoms with Crippen LogP contribution in [0.3, 0.4) is 0 Å². The molecule has 0 amide bonds. The van der Waals surface area contributed by atoms with Crippen molar-refractivity contribution in [1.82, 2.24) is 4.98 Å². The van der Waals surface area contributed by atoms with Crippen molar-refractivity contribution in [3.8, 4) is 11.1 Å². The Labute approximate surface area is 186 Å². The smallest absolute Gasteiger partial charge is 0.367 e. The molecule has 1 aromatic heterocycles. The number of pyridine rings is 1. The average molecular weight is 457 g/mol. The first-order valence-corrected chi connectivity index (χ1v) is 11.4. The molecule has 1 heterocycles. The van der Waals surface area contributed by atoms with Gasteiger partial charge in [0.2, 0.25) is 0 Å². The summed E-state index contributed by atoms with van der Waals surface area (Å²) in [6, 6.07) is 13.6. The summed E-state index contributed by atoms with van der Waals surface area (Å²) in [5, 5.41) is 11.7. The van der Waals surface area contributed by atoms with Crippen LogP contribution in [-0.4, -0.2) is 27.1 Å². The maximum atomic E-state index is 13.7. The fourth-order valence-electron chi connectivity index (χ4n) is 3.85. The van der Waals surface area contributed by atoms with E-state index in [9.17, 15) is 18.9 Å². The molecular weight excluding hydrogens is 432 g/mol. The zero-order valence-electron chi connectivity index (χ0n) is 17.8.